The monoisotopic (exact) mass is 281 g/mol. The number of morpholine rings is 1. The predicted molar refractivity (Wildman–Crippen MR) is 70.3 cm³/mol. The molecular weight excluding hydrogens is 262 g/mol. The van der Waals surface area contributed by atoms with Gasteiger partial charge in [-0.1, -0.05) is 0 Å². The van der Waals surface area contributed by atoms with Crippen LogP contribution in [0.5, 0.6) is 0 Å². The first kappa shape index (κ1) is 14.5. The number of rotatable bonds is 4. The molecule has 110 valence electrons. The van der Waals surface area contributed by atoms with Gasteiger partial charge in [0.2, 0.25) is 5.91 Å². The average Bonchev–Trinajstić information content (AvgIpc) is 2.67. The maximum absolute atomic E-state index is 12.3. The van der Waals surface area contributed by atoms with E-state index in [0.717, 1.165) is 11.4 Å². The molecule has 1 saturated heterocycles. The summed E-state index contributed by atoms with van der Waals surface area (Å²) in [5, 5.41) is 13.1. The predicted octanol–water partition coefficient (Wildman–Crippen LogP) is 0.202. The summed E-state index contributed by atoms with van der Waals surface area (Å²) in [6.07, 6.45) is -0.0944. The van der Waals surface area contributed by atoms with Crippen LogP contribution in [0.3, 0.4) is 0 Å². The lowest BCUT2D eigenvalue weighted by molar-refractivity contribution is -0.146. The minimum Gasteiger partial charge on any atom is -0.481 e. The molecule has 20 heavy (non-hydrogen) atoms. The quantitative estimate of drug-likeness (QED) is 0.852. The Morgan fingerprint density at radius 1 is 1.50 bits per heavy atom. The van der Waals surface area contributed by atoms with E-state index in [1.54, 1.807) is 9.58 Å². The van der Waals surface area contributed by atoms with Crippen molar-refractivity contribution in [1.29, 1.82) is 0 Å². The Kier molecular flexibility index (Phi) is 4.39. The second-order valence-corrected chi connectivity index (χ2v) is 5.00. The number of carboxylic acids is 1. The highest BCUT2D eigenvalue weighted by Crippen LogP contribution is 2.12. The number of aromatic nitrogens is 2. The van der Waals surface area contributed by atoms with Crippen LogP contribution < -0.4 is 0 Å². The SMILES string of the molecule is Cc1cc(C)n(CC(=O)N2CCOCC2CC(=O)O)n1. The lowest BCUT2D eigenvalue weighted by Gasteiger charge is -2.34. The molecule has 0 aliphatic carbocycles. The van der Waals surface area contributed by atoms with E-state index in [2.05, 4.69) is 5.10 Å². The molecule has 1 aliphatic rings. The number of hydrogen-bond acceptors (Lipinski definition) is 4. The molecule has 1 N–H and O–H groups in total. The van der Waals surface area contributed by atoms with Crippen LogP contribution in [0.4, 0.5) is 0 Å². The summed E-state index contributed by atoms with van der Waals surface area (Å²) < 4.78 is 6.91. The van der Waals surface area contributed by atoms with Crippen molar-refractivity contribution in [3.8, 4) is 0 Å². The summed E-state index contributed by atoms with van der Waals surface area (Å²) in [5.74, 6) is -1.05. The molecule has 2 heterocycles. The van der Waals surface area contributed by atoms with E-state index in [0.29, 0.717) is 13.2 Å². The Hall–Kier alpha value is -1.89. The molecule has 0 bridgehead atoms. The molecule has 1 unspecified atom stereocenters. The van der Waals surface area contributed by atoms with Crippen LogP contribution in [0.25, 0.3) is 0 Å². The zero-order valence-corrected chi connectivity index (χ0v) is 11.7. The molecule has 0 saturated carbocycles. The van der Waals surface area contributed by atoms with Crippen molar-refractivity contribution in [2.75, 3.05) is 19.8 Å². The van der Waals surface area contributed by atoms with Crippen molar-refractivity contribution in [2.45, 2.75) is 32.9 Å². The van der Waals surface area contributed by atoms with Crippen LogP contribution in [0.15, 0.2) is 6.07 Å². The van der Waals surface area contributed by atoms with Gasteiger partial charge >= 0.3 is 5.97 Å². The summed E-state index contributed by atoms with van der Waals surface area (Å²) in [7, 11) is 0. The maximum atomic E-state index is 12.3. The highest BCUT2D eigenvalue weighted by Gasteiger charge is 2.29. The zero-order chi connectivity index (χ0) is 14.7. The van der Waals surface area contributed by atoms with Crippen LogP contribution in [-0.2, 0) is 20.9 Å². The number of ether oxygens (including phenoxy) is 1. The molecule has 0 radical (unpaired) electrons. The van der Waals surface area contributed by atoms with Crippen LogP contribution >= 0.6 is 0 Å². The summed E-state index contributed by atoms with van der Waals surface area (Å²) in [6.45, 7) is 5.04. The molecular formula is C13H19N3O4. The molecule has 1 aromatic rings. The molecule has 1 atom stereocenters. The third-order valence-electron chi connectivity index (χ3n) is 3.35. The minimum atomic E-state index is -0.926. The van der Waals surface area contributed by atoms with Gasteiger partial charge in [-0.05, 0) is 19.9 Å². The highest BCUT2D eigenvalue weighted by atomic mass is 16.5. The van der Waals surface area contributed by atoms with E-state index in [4.69, 9.17) is 9.84 Å². The van der Waals surface area contributed by atoms with Gasteiger partial charge in [0.1, 0.15) is 6.54 Å². The second kappa shape index (κ2) is 6.04. The Bertz CT molecular complexity index is 512. The Balaban J connectivity index is 2.05. The third-order valence-corrected chi connectivity index (χ3v) is 3.35. The van der Waals surface area contributed by atoms with Crippen molar-refractivity contribution < 1.29 is 19.4 Å². The van der Waals surface area contributed by atoms with Gasteiger partial charge in [0.05, 0.1) is 31.4 Å². The van der Waals surface area contributed by atoms with Gasteiger partial charge in [-0.25, -0.2) is 0 Å². The first-order valence-electron chi connectivity index (χ1n) is 6.57. The summed E-state index contributed by atoms with van der Waals surface area (Å²) in [5.41, 5.74) is 1.78. The van der Waals surface area contributed by atoms with Crippen LogP contribution in [0, 0.1) is 13.8 Å². The second-order valence-electron chi connectivity index (χ2n) is 5.00. The fraction of sp³-hybridized carbons (Fsp3) is 0.615. The number of carbonyl (C=O) groups excluding carboxylic acids is 1. The fourth-order valence-corrected chi connectivity index (χ4v) is 2.41. The Morgan fingerprint density at radius 3 is 2.85 bits per heavy atom. The molecule has 0 aromatic carbocycles. The van der Waals surface area contributed by atoms with Crippen molar-refractivity contribution >= 4 is 11.9 Å². The van der Waals surface area contributed by atoms with Gasteiger partial charge < -0.3 is 14.7 Å². The minimum absolute atomic E-state index is 0.0944. The average molecular weight is 281 g/mol. The van der Waals surface area contributed by atoms with Gasteiger partial charge in [0, 0.05) is 12.2 Å². The first-order chi connectivity index (χ1) is 9.47. The Labute approximate surface area is 117 Å². The number of carbonyl (C=O) groups is 2. The number of carboxylic acid groups (broad SMARTS) is 1. The van der Waals surface area contributed by atoms with E-state index in [1.165, 1.54) is 0 Å². The number of nitrogens with zero attached hydrogens (tertiary/aromatic N) is 3. The molecule has 1 aromatic heterocycles. The smallest absolute Gasteiger partial charge is 0.305 e. The number of aliphatic carboxylic acids is 1. The molecule has 7 heteroatoms. The van der Waals surface area contributed by atoms with Crippen molar-refractivity contribution in [2.24, 2.45) is 0 Å². The first-order valence-corrected chi connectivity index (χ1v) is 6.57. The van der Waals surface area contributed by atoms with E-state index < -0.39 is 12.0 Å². The van der Waals surface area contributed by atoms with Gasteiger partial charge in [-0.2, -0.15) is 5.10 Å². The third kappa shape index (κ3) is 3.36. The topological polar surface area (TPSA) is 84.7 Å². The molecule has 2 rings (SSSR count). The van der Waals surface area contributed by atoms with E-state index in [1.807, 2.05) is 19.9 Å². The van der Waals surface area contributed by atoms with Crippen LogP contribution in [0.2, 0.25) is 0 Å². The maximum Gasteiger partial charge on any atom is 0.305 e. The molecule has 7 nitrogen and oxygen atoms in total. The van der Waals surface area contributed by atoms with Gasteiger partial charge in [-0.3, -0.25) is 14.3 Å². The lowest BCUT2D eigenvalue weighted by atomic mass is 10.1. The van der Waals surface area contributed by atoms with E-state index in [-0.39, 0.29) is 25.5 Å². The molecule has 0 spiro atoms. The number of amides is 1. The molecule has 1 fully saturated rings. The summed E-state index contributed by atoms with van der Waals surface area (Å²) in [6, 6.07) is 1.51. The van der Waals surface area contributed by atoms with Crippen molar-refractivity contribution in [1.82, 2.24) is 14.7 Å². The fourth-order valence-electron chi connectivity index (χ4n) is 2.41. The number of hydrogen-bond donors (Lipinski definition) is 1. The Morgan fingerprint density at radius 2 is 2.25 bits per heavy atom. The largest absolute Gasteiger partial charge is 0.481 e. The lowest BCUT2D eigenvalue weighted by Crippen LogP contribution is -2.50. The molecule has 1 aliphatic heterocycles. The van der Waals surface area contributed by atoms with Gasteiger partial charge in [0.25, 0.3) is 0 Å². The van der Waals surface area contributed by atoms with Crippen LogP contribution in [-0.4, -0.2) is 57.5 Å². The van der Waals surface area contributed by atoms with Crippen LogP contribution in [0.1, 0.15) is 17.8 Å². The number of aryl methyl sites for hydroxylation is 2. The highest BCUT2D eigenvalue weighted by molar-refractivity contribution is 5.77. The summed E-state index contributed by atoms with van der Waals surface area (Å²) in [4.78, 5) is 24.8. The summed E-state index contributed by atoms with van der Waals surface area (Å²) >= 11 is 0. The molecule has 1 amide bonds. The van der Waals surface area contributed by atoms with E-state index in [9.17, 15) is 9.59 Å². The zero-order valence-electron chi connectivity index (χ0n) is 11.7. The van der Waals surface area contributed by atoms with Gasteiger partial charge in [-0.15, -0.1) is 0 Å². The standard InChI is InChI=1S/C13H19N3O4/c1-9-5-10(2)16(14-9)7-12(17)15-3-4-20-8-11(15)6-13(18)19/h5,11H,3-4,6-8H2,1-2H3,(H,18,19). The van der Waals surface area contributed by atoms with Crippen molar-refractivity contribution in [3.05, 3.63) is 17.5 Å². The van der Waals surface area contributed by atoms with Crippen molar-refractivity contribution in [3.63, 3.8) is 0 Å². The van der Waals surface area contributed by atoms with Gasteiger partial charge in [0.15, 0.2) is 0 Å². The van der Waals surface area contributed by atoms with E-state index >= 15 is 0 Å². The normalized spacial score (nSPS) is 19.1.